The molecule has 0 spiro atoms. The Bertz CT molecular complexity index is 851. The zero-order valence-corrected chi connectivity index (χ0v) is 15.3. The zero-order chi connectivity index (χ0) is 20.0. The second-order valence-corrected chi connectivity index (χ2v) is 5.96. The Hall–Kier alpha value is -3.14. The van der Waals surface area contributed by atoms with Gasteiger partial charge in [0, 0.05) is 37.6 Å². The molecule has 144 valence electrons. The number of urea groups is 1. The first-order chi connectivity index (χ1) is 12.7. The zero-order valence-electron chi connectivity index (χ0n) is 14.6. The van der Waals surface area contributed by atoms with Crippen LogP contribution in [0.4, 0.5) is 31.4 Å². The number of carbonyl (C=O) groups is 2. The number of hydrogen-bond donors (Lipinski definition) is 4. The summed E-state index contributed by atoms with van der Waals surface area (Å²) in [7, 11) is 1.45. The van der Waals surface area contributed by atoms with Crippen molar-refractivity contribution in [2.75, 3.05) is 36.1 Å². The van der Waals surface area contributed by atoms with Gasteiger partial charge in [-0.05, 0) is 25.1 Å². The summed E-state index contributed by atoms with van der Waals surface area (Å²) in [5, 5.41) is 16.6. The number of carbonyl (C=O) groups excluding carboxylic acids is 1. The van der Waals surface area contributed by atoms with Gasteiger partial charge in [-0.1, -0.05) is 11.6 Å². The molecule has 2 aromatic rings. The Labute approximate surface area is 159 Å². The Morgan fingerprint density at radius 1 is 1.26 bits per heavy atom. The highest BCUT2D eigenvalue weighted by molar-refractivity contribution is 6.31. The van der Waals surface area contributed by atoms with Crippen LogP contribution in [0.5, 0.6) is 0 Å². The molecule has 0 bridgehead atoms. The monoisotopic (exact) mass is 396 g/mol. The molecule has 27 heavy (non-hydrogen) atoms. The molecule has 1 aromatic carbocycles. The molecule has 0 atom stereocenters. The molecule has 4 N–H and O–H groups in total. The topological polar surface area (TPSA) is 119 Å². The lowest BCUT2D eigenvalue weighted by molar-refractivity contribution is 0.157. The first-order valence-electron chi connectivity index (χ1n) is 7.81. The minimum absolute atomic E-state index is 0.0507. The van der Waals surface area contributed by atoms with Crippen molar-refractivity contribution >= 4 is 41.2 Å². The van der Waals surface area contributed by atoms with E-state index >= 15 is 0 Å². The van der Waals surface area contributed by atoms with Crippen LogP contribution in [0.3, 0.4) is 0 Å². The summed E-state index contributed by atoms with van der Waals surface area (Å²) in [5.41, 5.74) is 0.904. The predicted octanol–water partition coefficient (Wildman–Crippen LogP) is 3.24. The van der Waals surface area contributed by atoms with Gasteiger partial charge < -0.3 is 20.6 Å². The molecular formula is C16H18ClFN6O3. The average Bonchev–Trinajstić information content (AvgIpc) is 2.57. The van der Waals surface area contributed by atoms with Gasteiger partial charge in [0.25, 0.3) is 0 Å². The summed E-state index contributed by atoms with van der Waals surface area (Å²) >= 11 is 5.67. The van der Waals surface area contributed by atoms with Gasteiger partial charge in [0.05, 0.1) is 5.02 Å². The van der Waals surface area contributed by atoms with Gasteiger partial charge in [0.1, 0.15) is 11.6 Å². The Morgan fingerprint density at radius 2 is 2.00 bits per heavy atom. The Morgan fingerprint density at radius 3 is 2.67 bits per heavy atom. The van der Waals surface area contributed by atoms with Crippen LogP contribution >= 0.6 is 11.6 Å². The SMILES string of the molecule is Cc1cc(NCCN(C)C(=O)O)nc(NC(=O)Nc2ccc(F)c(Cl)c2)n1. The lowest BCUT2D eigenvalue weighted by Crippen LogP contribution is -2.30. The van der Waals surface area contributed by atoms with E-state index in [2.05, 4.69) is 25.9 Å². The van der Waals surface area contributed by atoms with Crippen molar-refractivity contribution in [2.45, 2.75) is 6.92 Å². The molecule has 1 heterocycles. The quantitative estimate of drug-likeness (QED) is 0.595. The third-order valence-corrected chi connectivity index (χ3v) is 3.63. The lowest BCUT2D eigenvalue weighted by Gasteiger charge is -2.14. The summed E-state index contributed by atoms with van der Waals surface area (Å²) in [6, 6.07) is 4.81. The van der Waals surface area contributed by atoms with Crippen LogP contribution in [0.25, 0.3) is 0 Å². The molecule has 11 heteroatoms. The van der Waals surface area contributed by atoms with E-state index in [0.717, 1.165) is 11.0 Å². The van der Waals surface area contributed by atoms with E-state index in [1.807, 2.05) is 0 Å². The number of nitrogens with zero attached hydrogens (tertiary/aromatic N) is 3. The van der Waals surface area contributed by atoms with Crippen molar-refractivity contribution in [1.82, 2.24) is 14.9 Å². The fourth-order valence-electron chi connectivity index (χ4n) is 2.00. The molecule has 0 saturated heterocycles. The van der Waals surface area contributed by atoms with E-state index in [1.54, 1.807) is 13.0 Å². The van der Waals surface area contributed by atoms with Gasteiger partial charge in [0.2, 0.25) is 5.95 Å². The highest BCUT2D eigenvalue weighted by Crippen LogP contribution is 2.19. The lowest BCUT2D eigenvalue weighted by atomic mass is 10.3. The number of halogens is 2. The normalized spacial score (nSPS) is 10.2. The van der Waals surface area contributed by atoms with Crippen molar-refractivity contribution in [3.05, 3.63) is 40.8 Å². The molecule has 2 rings (SSSR count). The number of benzene rings is 1. The van der Waals surface area contributed by atoms with E-state index < -0.39 is 17.9 Å². The molecule has 0 unspecified atom stereocenters. The first kappa shape index (κ1) is 20.2. The minimum atomic E-state index is -1.03. The van der Waals surface area contributed by atoms with Gasteiger partial charge in [0.15, 0.2) is 0 Å². The van der Waals surface area contributed by atoms with E-state index in [4.69, 9.17) is 16.7 Å². The number of hydrogen-bond acceptors (Lipinski definition) is 5. The van der Waals surface area contributed by atoms with Crippen LogP contribution in [0.2, 0.25) is 5.02 Å². The van der Waals surface area contributed by atoms with E-state index in [-0.39, 0.29) is 17.5 Å². The summed E-state index contributed by atoms with van der Waals surface area (Å²) in [6.07, 6.45) is -1.03. The van der Waals surface area contributed by atoms with Crippen LogP contribution in [0.1, 0.15) is 5.69 Å². The molecule has 1 aromatic heterocycles. The Balaban J connectivity index is 1.97. The molecule has 9 nitrogen and oxygen atoms in total. The van der Waals surface area contributed by atoms with Crippen molar-refractivity contribution in [3.63, 3.8) is 0 Å². The van der Waals surface area contributed by atoms with Gasteiger partial charge in [-0.25, -0.2) is 19.0 Å². The second-order valence-electron chi connectivity index (χ2n) is 5.56. The van der Waals surface area contributed by atoms with Crippen LogP contribution in [-0.4, -0.2) is 52.2 Å². The summed E-state index contributed by atoms with van der Waals surface area (Å²) in [5.74, 6) is -0.106. The smallest absolute Gasteiger partial charge is 0.407 e. The fourth-order valence-corrected chi connectivity index (χ4v) is 2.18. The van der Waals surface area contributed by atoms with Crippen LogP contribution < -0.4 is 16.0 Å². The van der Waals surface area contributed by atoms with Gasteiger partial charge in [-0.3, -0.25) is 5.32 Å². The van der Waals surface area contributed by atoms with Crippen molar-refractivity contribution < 1.29 is 19.1 Å². The van der Waals surface area contributed by atoms with E-state index in [0.29, 0.717) is 23.7 Å². The maximum absolute atomic E-state index is 13.1. The Kier molecular flexibility index (Phi) is 6.72. The maximum atomic E-state index is 13.1. The highest BCUT2D eigenvalue weighted by Gasteiger charge is 2.09. The summed E-state index contributed by atoms with van der Waals surface area (Å²) in [6.45, 7) is 2.31. The molecular weight excluding hydrogens is 379 g/mol. The number of aryl methyl sites for hydroxylation is 1. The molecule has 0 saturated carbocycles. The number of anilines is 3. The molecule has 0 radical (unpaired) electrons. The number of likely N-dealkylation sites (N-methyl/N-ethyl adjacent to an activating group) is 1. The molecule has 3 amide bonds. The van der Waals surface area contributed by atoms with Crippen molar-refractivity contribution in [1.29, 1.82) is 0 Å². The van der Waals surface area contributed by atoms with Gasteiger partial charge in [-0.2, -0.15) is 4.98 Å². The van der Waals surface area contributed by atoms with Crippen molar-refractivity contribution in [3.8, 4) is 0 Å². The van der Waals surface area contributed by atoms with E-state index in [9.17, 15) is 14.0 Å². The predicted molar refractivity (Wildman–Crippen MR) is 100.0 cm³/mol. The minimum Gasteiger partial charge on any atom is -0.465 e. The second kappa shape index (κ2) is 8.99. The summed E-state index contributed by atoms with van der Waals surface area (Å²) in [4.78, 5) is 32.2. The number of carboxylic acid groups (broad SMARTS) is 1. The third-order valence-electron chi connectivity index (χ3n) is 3.34. The average molecular weight is 397 g/mol. The number of nitrogens with one attached hydrogen (secondary N) is 3. The van der Waals surface area contributed by atoms with Crippen LogP contribution in [0.15, 0.2) is 24.3 Å². The van der Waals surface area contributed by atoms with Crippen molar-refractivity contribution in [2.24, 2.45) is 0 Å². The highest BCUT2D eigenvalue weighted by atomic mass is 35.5. The molecule has 0 aliphatic heterocycles. The standard InChI is InChI=1S/C16H18ClFN6O3/c1-9-7-13(19-5-6-24(2)16(26)27)22-14(20-9)23-15(25)21-10-3-4-12(18)11(17)8-10/h3-4,7-8H,5-6H2,1-2H3,(H,26,27)(H3,19,20,21,22,23,25). The maximum Gasteiger partial charge on any atom is 0.407 e. The number of amides is 3. The first-order valence-corrected chi connectivity index (χ1v) is 8.19. The van der Waals surface area contributed by atoms with Gasteiger partial charge in [-0.15, -0.1) is 0 Å². The molecule has 0 aliphatic carbocycles. The van der Waals surface area contributed by atoms with E-state index in [1.165, 1.54) is 19.2 Å². The molecule has 0 fully saturated rings. The van der Waals surface area contributed by atoms with Gasteiger partial charge >= 0.3 is 12.1 Å². The number of rotatable bonds is 6. The largest absolute Gasteiger partial charge is 0.465 e. The third kappa shape index (κ3) is 6.26. The summed E-state index contributed by atoms with van der Waals surface area (Å²) < 4.78 is 13.1. The fraction of sp³-hybridized carbons (Fsp3) is 0.250. The van der Waals surface area contributed by atoms with Crippen LogP contribution in [0, 0.1) is 12.7 Å². The molecule has 0 aliphatic rings. The number of aromatic nitrogens is 2. The van der Waals surface area contributed by atoms with Crippen LogP contribution in [-0.2, 0) is 0 Å².